The predicted octanol–water partition coefficient (Wildman–Crippen LogP) is 2.62. The van der Waals surface area contributed by atoms with Crippen molar-refractivity contribution < 1.29 is 18.4 Å². The molecule has 8 heteroatoms. The van der Waals surface area contributed by atoms with Gasteiger partial charge in [0.15, 0.2) is 0 Å². The van der Waals surface area contributed by atoms with Gasteiger partial charge in [-0.25, -0.2) is 8.78 Å². The molecule has 2 aliphatic heterocycles. The molecule has 0 aromatic heterocycles. The van der Waals surface area contributed by atoms with E-state index in [9.17, 15) is 18.4 Å². The van der Waals surface area contributed by atoms with Gasteiger partial charge in [-0.2, -0.15) is 0 Å². The van der Waals surface area contributed by atoms with Crippen LogP contribution in [-0.4, -0.2) is 48.6 Å². The largest absolute Gasteiger partial charge is 0.349 e. The summed E-state index contributed by atoms with van der Waals surface area (Å²) in [5.74, 6) is -1.88. The van der Waals surface area contributed by atoms with Gasteiger partial charge in [0.25, 0.3) is 0 Å². The van der Waals surface area contributed by atoms with E-state index < -0.39 is 17.7 Å². The van der Waals surface area contributed by atoms with Gasteiger partial charge in [-0.1, -0.05) is 25.5 Å². The highest BCUT2D eigenvalue weighted by Crippen LogP contribution is 2.33. The Bertz CT molecular complexity index is 869. The van der Waals surface area contributed by atoms with Crippen LogP contribution >= 0.6 is 0 Å². The number of nitrogens with zero attached hydrogens (tertiary/aromatic N) is 1. The number of nitrogens with one attached hydrogen (secondary N) is 3. The Morgan fingerprint density at radius 1 is 1.29 bits per heavy atom. The normalized spacial score (nSPS) is 24.6. The van der Waals surface area contributed by atoms with Crippen molar-refractivity contribution in [3.05, 3.63) is 46.5 Å². The zero-order valence-corrected chi connectivity index (χ0v) is 18.6. The molecular weight excluding hydrogens is 402 g/mol. The van der Waals surface area contributed by atoms with E-state index >= 15 is 0 Å². The number of hydrogen-bond donors (Lipinski definition) is 3. The smallest absolute Gasteiger partial charge is 0.247 e. The summed E-state index contributed by atoms with van der Waals surface area (Å²) in [6.45, 7) is 10.4. The van der Waals surface area contributed by atoms with Gasteiger partial charge >= 0.3 is 0 Å². The molecule has 6 nitrogen and oxygen atoms in total. The van der Waals surface area contributed by atoms with Gasteiger partial charge in [0.2, 0.25) is 11.8 Å². The zero-order chi connectivity index (χ0) is 22.7. The van der Waals surface area contributed by atoms with E-state index in [1.165, 1.54) is 6.07 Å². The van der Waals surface area contributed by atoms with Gasteiger partial charge in [-0.15, -0.1) is 0 Å². The Morgan fingerprint density at radius 2 is 2.00 bits per heavy atom. The molecule has 31 heavy (non-hydrogen) atoms. The molecular formula is C23H32F2N4O2. The molecule has 1 aromatic rings. The highest BCUT2D eigenvalue weighted by Gasteiger charge is 2.42. The average molecular weight is 435 g/mol. The fourth-order valence-corrected chi connectivity index (χ4v) is 4.83. The monoisotopic (exact) mass is 434 g/mol. The minimum atomic E-state index is -0.711. The Kier molecular flexibility index (Phi) is 7.43. The number of hydrogen-bond acceptors (Lipinski definition) is 4. The van der Waals surface area contributed by atoms with Crippen LogP contribution in [0.2, 0.25) is 0 Å². The quantitative estimate of drug-likeness (QED) is 0.617. The molecule has 1 aromatic carbocycles. The number of piperidine rings is 1. The van der Waals surface area contributed by atoms with Gasteiger partial charge in [0.05, 0.1) is 18.6 Å². The first-order valence-corrected chi connectivity index (χ1v) is 11.0. The van der Waals surface area contributed by atoms with Crippen molar-refractivity contribution >= 4 is 11.8 Å². The molecule has 1 saturated heterocycles. The second kappa shape index (κ2) is 9.87. The lowest BCUT2D eigenvalue weighted by Gasteiger charge is -2.47. The number of halogens is 2. The predicted molar refractivity (Wildman–Crippen MR) is 115 cm³/mol. The van der Waals surface area contributed by atoms with E-state index in [0.29, 0.717) is 5.57 Å². The molecule has 1 fully saturated rings. The highest BCUT2D eigenvalue weighted by molar-refractivity contribution is 6.00. The van der Waals surface area contributed by atoms with Crippen molar-refractivity contribution in [3.63, 3.8) is 0 Å². The summed E-state index contributed by atoms with van der Waals surface area (Å²) in [4.78, 5) is 27.8. The molecule has 4 atom stereocenters. The summed E-state index contributed by atoms with van der Waals surface area (Å²) in [7, 11) is 0. The molecule has 0 bridgehead atoms. The maximum absolute atomic E-state index is 14.0. The number of amides is 2. The lowest BCUT2D eigenvalue weighted by atomic mass is 9.78. The Morgan fingerprint density at radius 3 is 2.65 bits per heavy atom. The summed E-state index contributed by atoms with van der Waals surface area (Å²) in [6.07, 6.45) is 0.852. The molecule has 3 N–H and O–H groups in total. The molecule has 3 unspecified atom stereocenters. The van der Waals surface area contributed by atoms with Crippen LogP contribution in [0.25, 0.3) is 0 Å². The van der Waals surface area contributed by atoms with Crippen molar-refractivity contribution in [2.45, 2.75) is 58.8 Å². The van der Waals surface area contributed by atoms with Crippen molar-refractivity contribution in [2.75, 3.05) is 19.6 Å². The summed E-state index contributed by atoms with van der Waals surface area (Å²) >= 11 is 0. The zero-order valence-electron chi connectivity index (χ0n) is 18.6. The van der Waals surface area contributed by atoms with Crippen LogP contribution < -0.4 is 16.0 Å². The Balaban J connectivity index is 1.78. The van der Waals surface area contributed by atoms with E-state index in [2.05, 4.69) is 34.7 Å². The molecule has 3 rings (SSSR count). The van der Waals surface area contributed by atoms with Crippen LogP contribution in [0.4, 0.5) is 8.78 Å². The molecule has 0 saturated carbocycles. The first-order chi connectivity index (χ1) is 14.8. The summed E-state index contributed by atoms with van der Waals surface area (Å²) in [5, 5.41) is 9.40. The first-order valence-electron chi connectivity index (χ1n) is 11.0. The van der Waals surface area contributed by atoms with E-state index in [0.717, 1.165) is 43.8 Å². The molecule has 0 aliphatic carbocycles. The lowest BCUT2D eigenvalue weighted by Crippen LogP contribution is -2.63. The molecule has 170 valence electrons. The first kappa shape index (κ1) is 23.3. The van der Waals surface area contributed by atoms with Crippen molar-refractivity contribution in [1.29, 1.82) is 0 Å². The van der Waals surface area contributed by atoms with Crippen LogP contribution in [-0.2, 0) is 9.59 Å². The second-order valence-electron chi connectivity index (χ2n) is 8.31. The number of fused-ring (bicyclic) bond motifs is 1. The maximum Gasteiger partial charge on any atom is 0.247 e. The standard InChI is InChI=1S/C23H32F2N4O2/c1-5-29(6-2)22-21-13(3)17(23(31)28-19(21)9-10-26-22)12-20(30)27-14(4)16-8-7-15(24)11-18(16)25/h7-8,11,14,19,21-22,26H,5-6,9-10,12H2,1-4H3,(H,27,30)(H,28,31)/t14-,19?,21?,22?/m0/s1. The third kappa shape index (κ3) is 4.96. The van der Waals surface area contributed by atoms with Gasteiger partial charge in [-0.3, -0.25) is 14.5 Å². The Hall–Kier alpha value is -2.32. The second-order valence-corrected chi connectivity index (χ2v) is 8.31. The molecule has 2 amide bonds. The summed E-state index contributed by atoms with van der Waals surface area (Å²) < 4.78 is 27.2. The number of carbonyl (C=O) groups is 2. The maximum atomic E-state index is 14.0. The third-order valence-electron chi connectivity index (χ3n) is 6.50. The number of rotatable bonds is 7. The Labute approximate surface area is 182 Å². The van der Waals surface area contributed by atoms with Crippen LogP contribution in [0.1, 0.15) is 52.1 Å². The minimum absolute atomic E-state index is 0.0402. The minimum Gasteiger partial charge on any atom is -0.349 e. The molecule has 0 radical (unpaired) electrons. The molecule has 2 heterocycles. The fourth-order valence-electron chi connectivity index (χ4n) is 4.83. The van der Waals surface area contributed by atoms with Crippen LogP contribution in [0.5, 0.6) is 0 Å². The molecule has 0 spiro atoms. The lowest BCUT2D eigenvalue weighted by molar-refractivity contribution is -0.125. The highest BCUT2D eigenvalue weighted by atomic mass is 19.1. The van der Waals surface area contributed by atoms with Crippen LogP contribution in [0, 0.1) is 17.6 Å². The van der Waals surface area contributed by atoms with Crippen molar-refractivity contribution in [1.82, 2.24) is 20.9 Å². The average Bonchev–Trinajstić information content (AvgIpc) is 2.71. The van der Waals surface area contributed by atoms with Gasteiger partial charge < -0.3 is 16.0 Å². The molecule has 2 aliphatic rings. The topological polar surface area (TPSA) is 73.5 Å². The third-order valence-corrected chi connectivity index (χ3v) is 6.50. The van der Waals surface area contributed by atoms with Crippen LogP contribution in [0.3, 0.4) is 0 Å². The van der Waals surface area contributed by atoms with Gasteiger partial charge in [0, 0.05) is 29.2 Å². The van der Waals surface area contributed by atoms with Gasteiger partial charge in [-0.05, 0) is 46.0 Å². The van der Waals surface area contributed by atoms with E-state index in [1.807, 2.05) is 6.92 Å². The van der Waals surface area contributed by atoms with Crippen molar-refractivity contribution in [3.8, 4) is 0 Å². The van der Waals surface area contributed by atoms with Crippen molar-refractivity contribution in [2.24, 2.45) is 5.92 Å². The summed E-state index contributed by atoms with van der Waals surface area (Å²) in [6, 6.07) is 2.67. The SMILES string of the molecule is CCN(CC)C1NCCC2NC(=O)C(CC(=O)N[C@@H](C)c3ccc(F)cc3F)=C(C)C21. The summed E-state index contributed by atoms with van der Waals surface area (Å²) in [5.41, 5.74) is 1.59. The fraction of sp³-hybridized carbons (Fsp3) is 0.565. The number of benzene rings is 1. The van der Waals surface area contributed by atoms with E-state index in [-0.39, 0.29) is 41.9 Å². The van der Waals surface area contributed by atoms with Gasteiger partial charge in [0.1, 0.15) is 11.6 Å². The van der Waals surface area contributed by atoms with E-state index in [4.69, 9.17) is 0 Å². The van der Waals surface area contributed by atoms with Crippen LogP contribution in [0.15, 0.2) is 29.3 Å². The van der Waals surface area contributed by atoms with E-state index in [1.54, 1.807) is 6.92 Å². The number of carbonyl (C=O) groups excluding carboxylic acids is 2.